The molecule has 0 heterocycles. The van der Waals surface area contributed by atoms with Crippen molar-refractivity contribution in [3.63, 3.8) is 0 Å². The average molecular weight is 453 g/mol. The van der Waals surface area contributed by atoms with Gasteiger partial charge in [-0.25, -0.2) is 9.59 Å². The molecule has 0 bridgehead atoms. The van der Waals surface area contributed by atoms with Crippen LogP contribution < -0.4 is 10.6 Å². The van der Waals surface area contributed by atoms with E-state index < -0.39 is 18.2 Å². The summed E-state index contributed by atoms with van der Waals surface area (Å²) >= 11 is 0. The Morgan fingerprint density at radius 1 is 1.00 bits per heavy atom. The zero-order valence-electron chi connectivity index (χ0n) is 18.2. The quantitative estimate of drug-likeness (QED) is 0.488. The molecule has 0 aliphatic heterocycles. The van der Waals surface area contributed by atoms with Crippen molar-refractivity contribution in [3.05, 3.63) is 59.7 Å². The highest BCUT2D eigenvalue weighted by molar-refractivity contribution is 5.79. The number of benzene rings is 2. The molecule has 1 fully saturated rings. The molecule has 1 saturated carbocycles. The number of carbonyl (C=O) groups is 3. The van der Waals surface area contributed by atoms with E-state index in [0.29, 0.717) is 0 Å². The van der Waals surface area contributed by atoms with Gasteiger partial charge in [-0.15, -0.1) is 0 Å². The second-order valence-electron chi connectivity index (χ2n) is 8.63. The highest BCUT2D eigenvalue weighted by Gasteiger charge is 2.32. The maximum absolute atomic E-state index is 12.6. The minimum atomic E-state index is -1.63. The maximum Gasteiger partial charge on any atom is 0.407 e. The summed E-state index contributed by atoms with van der Waals surface area (Å²) in [4.78, 5) is 35.4. The first-order valence-corrected chi connectivity index (χ1v) is 11.2. The minimum absolute atomic E-state index is 0.0195. The summed E-state index contributed by atoms with van der Waals surface area (Å²) in [5.41, 5.74) is 4.62. The van der Waals surface area contributed by atoms with E-state index in [0.717, 1.165) is 41.5 Å². The Kier molecular flexibility index (Phi) is 6.93. The molecule has 2 aliphatic carbocycles. The predicted octanol–water partition coefficient (Wildman–Crippen LogP) is 2.65. The molecule has 2 aromatic rings. The fraction of sp³-hybridized carbons (Fsp3) is 0.400. The molecule has 4 N–H and O–H groups in total. The first kappa shape index (κ1) is 22.8. The largest absolute Gasteiger partial charge is 0.479 e. The second-order valence-corrected chi connectivity index (χ2v) is 8.63. The Morgan fingerprint density at radius 2 is 1.64 bits per heavy atom. The number of rotatable bonds is 8. The Hall–Kier alpha value is -3.39. The SMILES string of the molecule is O=C(C[C@@H]1CCC[C@H]1NC(=O)OCC1c2ccccc2-c2ccccc21)NC[C@H](O)C(=O)O. The van der Waals surface area contributed by atoms with Crippen LogP contribution in [0.1, 0.15) is 42.7 Å². The van der Waals surface area contributed by atoms with Crippen molar-refractivity contribution in [2.75, 3.05) is 13.2 Å². The molecule has 174 valence electrons. The number of alkyl carbamates (subject to hydrolysis) is 1. The van der Waals surface area contributed by atoms with Crippen LogP contribution in [0.25, 0.3) is 11.1 Å². The van der Waals surface area contributed by atoms with Gasteiger partial charge in [0.2, 0.25) is 5.91 Å². The van der Waals surface area contributed by atoms with Crippen LogP contribution >= 0.6 is 0 Å². The summed E-state index contributed by atoms with van der Waals surface area (Å²) in [6.45, 7) is -0.115. The number of ether oxygens (including phenoxy) is 1. The molecule has 0 saturated heterocycles. The molecule has 3 atom stereocenters. The number of aliphatic carboxylic acids is 1. The first-order chi connectivity index (χ1) is 15.9. The lowest BCUT2D eigenvalue weighted by Gasteiger charge is -2.21. The van der Waals surface area contributed by atoms with Gasteiger partial charge in [0.25, 0.3) is 0 Å². The van der Waals surface area contributed by atoms with E-state index in [1.807, 2.05) is 24.3 Å². The van der Waals surface area contributed by atoms with Gasteiger partial charge in [-0.1, -0.05) is 55.0 Å². The number of hydrogen-bond acceptors (Lipinski definition) is 5. The van der Waals surface area contributed by atoms with Crippen LogP contribution in [0.5, 0.6) is 0 Å². The van der Waals surface area contributed by atoms with E-state index in [1.165, 1.54) is 0 Å². The van der Waals surface area contributed by atoms with Gasteiger partial charge >= 0.3 is 12.1 Å². The molecule has 2 aliphatic rings. The fourth-order valence-electron chi connectivity index (χ4n) is 4.87. The Bertz CT molecular complexity index is 994. The lowest BCUT2D eigenvalue weighted by Crippen LogP contribution is -2.41. The number of amides is 2. The second kappa shape index (κ2) is 10.0. The highest BCUT2D eigenvalue weighted by atomic mass is 16.5. The molecule has 33 heavy (non-hydrogen) atoms. The molecule has 8 heteroatoms. The Balaban J connectivity index is 1.30. The highest BCUT2D eigenvalue weighted by Crippen LogP contribution is 2.44. The lowest BCUT2D eigenvalue weighted by atomic mass is 9.98. The molecule has 2 aromatic carbocycles. The van der Waals surface area contributed by atoms with Crippen LogP contribution in [0.3, 0.4) is 0 Å². The van der Waals surface area contributed by atoms with Crippen molar-refractivity contribution in [2.24, 2.45) is 5.92 Å². The zero-order valence-corrected chi connectivity index (χ0v) is 18.2. The molecule has 0 unspecified atom stereocenters. The molecule has 8 nitrogen and oxygen atoms in total. The number of hydrogen-bond donors (Lipinski definition) is 4. The van der Waals surface area contributed by atoms with Gasteiger partial charge in [-0.3, -0.25) is 4.79 Å². The average Bonchev–Trinajstić information content (AvgIpc) is 3.37. The van der Waals surface area contributed by atoms with Gasteiger partial charge in [0.1, 0.15) is 6.61 Å². The van der Waals surface area contributed by atoms with E-state index in [2.05, 4.69) is 34.9 Å². The summed E-state index contributed by atoms with van der Waals surface area (Å²) in [6, 6.07) is 16.1. The number of carboxylic acids is 1. The van der Waals surface area contributed by atoms with Crippen LogP contribution in [-0.2, 0) is 14.3 Å². The number of nitrogens with one attached hydrogen (secondary N) is 2. The zero-order chi connectivity index (χ0) is 23.4. The Morgan fingerprint density at radius 3 is 2.27 bits per heavy atom. The third-order valence-corrected chi connectivity index (χ3v) is 6.53. The number of aliphatic hydroxyl groups excluding tert-OH is 1. The predicted molar refractivity (Wildman–Crippen MR) is 121 cm³/mol. The van der Waals surface area contributed by atoms with Crippen molar-refractivity contribution >= 4 is 18.0 Å². The molecular formula is C25H28N2O6. The number of carbonyl (C=O) groups excluding carboxylic acids is 2. The monoisotopic (exact) mass is 452 g/mol. The summed E-state index contributed by atoms with van der Waals surface area (Å²) in [5.74, 6) is -1.81. The van der Waals surface area contributed by atoms with Crippen LogP contribution in [0, 0.1) is 5.92 Å². The van der Waals surface area contributed by atoms with Crippen LogP contribution in [-0.4, -0.2) is 53.5 Å². The molecule has 0 spiro atoms. The van der Waals surface area contributed by atoms with Gasteiger partial charge < -0.3 is 25.6 Å². The van der Waals surface area contributed by atoms with Crippen molar-refractivity contribution in [1.82, 2.24) is 10.6 Å². The van der Waals surface area contributed by atoms with Crippen molar-refractivity contribution in [1.29, 1.82) is 0 Å². The normalized spacial score (nSPS) is 19.9. The third kappa shape index (κ3) is 5.17. The number of fused-ring (bicyclic) bond motifs is 3. The summed E-state index contributed by atoms with van der Waals surface area (Å²) in [6.07, 6.45) is 0.427. The van der Waals surface area contributed by atoms with E-state index in [1.54, 1.807) is 0 Å². The number of carboxylic acid groups (broad SMARTS) is 1. The van der Waals surface area contributed by atoms with E-state index in [9.17, 15) is 19.5 Å². The van der Waals surface area contributed by atoms with Gasteiger partial charge in [-0.2, -0.15) is 0 Å². The van der Waals surface area contributed by atoms with E-state index in [-0.39, 0.29) is 43.4 Å². The summed E-state index contributed by atoms with van der Waals surface area (Å²) in [7, 11) is 0. The topological polar surface area (TPSA) is 125 Å². The smallest absolute Gasteiger partial charge is 0.407 e. The first-order valence-electron chi connectivity index (χ1n) is 11.2. The van der Waals surface area contributed by atoms with E-state index in [4.69, 9.17) is 9.84 Å². The number of aliphatic hydroxyl groups is 1. The molecule has 4 rings (SSSR count). The van der Waals surface area contributed by atoms with E-state index >= 15 is 0 Å². The molecule has 0 radical (unpaired) electrons. The fourth-order valence-corrected chi connectivity index (χ4v) is 4.87. The molecular weight excluding hydrogens is 424 g/mol. The lowest BCUT2D eigenvalue weighted by molar-refractivity contribution is -0.146. The van der Waals surface area contributed by atoms with Crippen molar-refractivity contribution < 1.29 is 29.3 Å². The molecule has 0 aromatic heterocycles. The summed E-state index contributed by atoms with van der Waals surface area (Å²) in [5, 5.41) is 23.3. The van der Waals surface area contributed by atoms with Gasteiger partial charge in [0, 0.05) is 18.4 Å². The van der Waals surface area contributed by atoms with Gasteiger partial charge in [0.05, 0.1) is 6.54 Å². The van der Waals surface area contributed by atoms with Gasteiger partial charge in [0.15, 0.2) is 6.10 Å². The third-order valence-electron chi connectivity index (χ3n) is 6.53. The maximum atomic E-state index is 12.6. The van der Waals surface area contributed by atoms with Crippen LogP contribution in [0.2, 0.25) is 0 Å². The van der Waals surface area contributed by atoms with Crippen molar-refractivity contribution in [2.45, 2.75) is 43.7 Å². The minimum Gasteiger partial charge on any atom is -0.479 e. The van der Waals surface area contributed by atoms with Crippen molar-refractivity contribution in [3.8, 4) is 11.1 Å². The summed E-state index contributed by atoms with van der Waals surface area (Å²) < 4.78 is 5.61. The van der Waals surface area contributed by atoms with Gasteiger partial charge in [-0.05, 0) is 41.0 Å². The van der Waals surface area contributed by atoms with Crippen LogP contribution in [0.4, 0.5) is 4.79 Å². The Labute approximate surface area is 192 Å². The standard InChI is InChI=1S/C25H28N2O6/c28-22(24(30)31)13-26-23(29)12-15-6-5-11-21(15)27-25(32)33-14-20-18-9-3-1-7-16(18)17-8-2-4-10-19(17)20/h1-4,7-10,15,20-22,28H,5-6,11-14H2,(H,26,29)(H,27,32)(H,30,31)/t15-,21+,22-/m0/s1. The molecule has 2 amide bonds. The van der Waals surface area contributed by atoms with Crippen LogP contribution in [0.15, 0.2) is 48.5 Å².